The predicted octanol–water partition coefficient (Wildman–Crippen LogP) is 3.47. The molecule has 0 aliphatic rings. The highest BCUT2D eigenvalue weighted by atomic mass is 16.5. The maximum Gasteiger partial charge on any atom is 0.309 e. The summed E-state index contributed by atoms with van der Waals surface area (Å²) in [6.45, 7) is 2.36. The molecule has 0 saturated heterocycles. The number of para-hydroxylation sites is 1. The summed E-state index contributed by atoms with van der Waals surface area (Å²) in [5.74, 6) is 0.860. The highest BCUT2D eigenvalue weighted by molar-refractivity contribution is 5.81. The van der Waals surface area contributed by atoms with Gasteiger partial charge in [0, 0.05) is 0 Å². The molecule has 0 unspecified atom stereocenters. The molecular weight excluding hydrogens is 320 g/mol. The zero-order valence-corrected chi connectivity index (χ0v) is 14.4. The highest BCUT2D eigenvalue weighted by Gasteiger charge is 2.07. The molecule has 6 heteroatoms. The maximum absolute atomic E-state index is 11.4. The van der Waals surface area contributed by atoms with Gasteiger partial charge in [0.25, 0.3) is 0 Å². The van der Waals surface area contributed by atoms with Gasteiger partial charge in [0.1, 0.15) is 0 Å². The third kappa shape index (κ3) is 6.18. The number of anilines is 1. The van der Waals surface area contributed by atoms with Crippen molar-refractivity contribution in [3.8, 4) is 11.5 Å². The van der Waals surface area contributed by atoms with E-state index >= 15 is 0 Å². The van der Waals surface area contributed by atoms with E-state index in [2.05, 4.69) is 10.5 Å². The second-order valence-corrected chi connectivity index (χ2v) is 5.05. The van der Waals surface area contributed by atoms with Crippen LogP contribution < -0.4 is 14.9 Å². The number of esters is 1. The third-order valence-corrected chi connectivity index (χ3v) is 3.24. The van der Waals surface area contributed by atoms with Crippen LogP contribution in [0.15, 0.2) is 53.6 Å². The number of rotatable bonds is 9. The molecule has 0 radical (unpaired) electrons. The predicted molar refractivity (Wildman–Crippen MR) is 97.4 cm³/mol. The first-order chi connectivity index (χ1) is 12.2. The van der Waals surface area contributed by atoms with Crippen molar-refractivity contribution in [3.05, 3.63) is 54.1 Å². The minimum absolute atomic E-state index is 0.185. The van der Waals surface area contributed by atoms with Crippen molar-refractivity contribution >= 4 is 17.9 Å². The molecule has 2 aromatic rings. The van der Waals surface area contributed by atoms with E-state index in [4.69, 9.17) is 14.2 Å². The van der Waals surface area contributed by atoms with Gasteiger partial charge in [0.15, 0.2) is 11.5 Å². The number of nitrogens with zero attached hydrogens (tertiary/aromatic N) is 1. The molecule has 0 amide bonds. The summed E-state index contributed by atoms with van der Waals surface area (Å²) in [4.78, 5) is 11.4. The molecule has 0 saturated carbocycles. The number of benzene rings is 2. The van der Waals surface area contributed by atoms with E-state index in [1.165, 1.54) is 0 Å². The Labute approximate surface area is 147 Å². The van der Waals surface area contributed by atoms with E-state index in [9.17, 15) is 4.79 Å². The van der Waals surface area contributed by atoms with Gasteiger partial charge in [-0.2, -0.15) is 5.10 Å². The normalized spacial score (nSPS) is 10.5. The number of methoxy groups -OCH3 is 1. The Morgan fingerprint density at radius 3 is 2.68 bits per heavy atom. The fraction of sp³-hybridized carbons (Fsp3) is 0.263. The van der Waals surface area contributed by atoms with E-state index < -0.39 is 0 Å². The van der Waals surface area contributed by atoms with Crippen LogP contribution in [0.1, 0.15) is 18.9 Å². The molecule has 2 rings (SSSR count). The molecule has 0 fully saturated rings. The van der Waals surface area contributed by atoms with Gasteiger partial charge in [-0.25, -0.2) is 0 Å². The summed E-state index contributed by atoms with van der Waals surface area (Å²) in [6.07, 6.45) is 1.87. The molecule has 25 heavy (non-hydrogen) atoms. The molecule has 1 N–H and O–H groups in total. The van der Waals surface area contributed by atoms with Crippen molar-refractivity contribution < 1.29 is 19.0 Å². The van der Waals surface area contributed by atoms with Crippen LogP contribution in [0.5, 0.6) is 11.5 Å². The Bertz CT molecular complexity index is 702. The Morgan fingerprint density at radius 1 is 1.16 bits per heavy atom. The van der Waals surface area contributed by atoms with Crippen molar-refractivity contribution in [2.75, 3.05) is 25.7 Å². The van der Waals surface area contributed by atoms with Crippen molar-refractivity contribution in [1.82, 2.24) is 0 Å². The number of nitrogens with one attached hydrogen (secondary N) is 1. The zero-order chi connectivity index (χ0) is 17.9. The molecule has 132 valence electrons. The Morgan fingerprint density at radius 2 is 1.96 bits per heavy atom. The quantitative estimate of drug-likeness (QED) is 0.429. The second kappa shape index (κ2) is 9.97. The molecule has 0 heterocycles. The van der Waals surface area contributed by atoms with Crippen molar-refractivity contribution in [2.45, 2.75) is 13.3 Å². The summed E-state index contributed by atoms with van der Waals surface area (Å²) >= 11 is 0. The minimum atomic E-state index is -0.286. The number of carbonyl (C=O) groups excluding carboxylic acids is 1. The first-order valence-electron chi connectivity index (χ1n) is 8.03. The van der Waals surface area contributed by atoms with Gasteiger partial charge in [0.2, 0.25) is 0 Å². The second-order valence-electron chi connectivity index (χ2n) is 5.05. The fourth-order valence-corrected chi connectivity index (χ4v) is 2.06. The monoisotopic (exact) mass is 342 g/mol. The lowest BCUT2D eigenvalue weighted by molar-refractivity contribution is -0.143. The summed E-state index contributed by atoms with van der Waals surface area (Å²) < 4.78 is 15.8. The van der Waals surface area contributed by atoms with Crippen LogP contribution in [0.25, 0.3) is 0 Å². The standard InChI is InChI=1S/C19H22N2O4/c1-3-24-19(22)11-12-25-18-13-15(9-10-17(18)23-2)14-20-21-16-7-5-4-6-8-16/h4-10,13-14,21H,3,11-12H2,1-2H3. The number of ether oxygens (including phenoxy) is 3. The van der Waals surface area contributed by atoms with Crippen molar-refractivity contribution in [2.24, 2.45) is 5.10 Å². The number of carbonyl (C=O) groups is 1. The summed E-state index contributed by atoms with van der Waals surface area (Å²) in [5.41, 5.74) is 4.69. The topological polar surface area (TPSA) is 69.2 Å². The number of hydrogen-bond donors (Lipinski definition) is 1. The molecule has 0 aliphatic carbocycles. The van der Waals surface area contributed by atoms with E-state index in [0.29, 0.717) is 18.1 Å². The van der Waals surface area contributed by atoms with Crippen LogP contribution in [0.3, 0.4) is 0 Å². The molecule has 0 aromatic heterocycles. The summed E-state index contributed by atoms with van der Waals surface area (Å²) in [6, 6.07) is 15.1. The molecule has 0 spiro atoms. The molecule has 0 aliphatic heterocycles. The van der Waals surface area contributed by atoms with E-state index in [-0.39, 0.29) is 19.0 Å². The average Bonchev–Trinajstić information content (AvgIpc) is 2.63. The van der Waals surface area contributed by atoms with Gasteiger partial charge >= 0.3 is 5.97 Å². The van der Waals surface area contributed by atoms with E-state index in [1.807, 2.05) is 36.4 Å². The van der Waals surface area contributed by atoms with Gasteiger partial charge in [-0.05, 0) is 42.8 Å². The Kier molecular flexibility index (Phi) is 7.31. The molecular formula is C19H22N2O4. The summed E-state index contributed by atoms with van der Waals surface area (Å²) in [5, 5.41) is 4.20. The number of hydrazone groups is 1. The largest absolute Gasteiger partial charge is 0.493 e. The molecule has 6 nitrogen and oxygen atoms in total. The van der Waals surface area contributed by atoms with Gasteiger partial charge in [0.05, 0.1) is 38.6 Å². The van der Waals surface area contributed by atoms with Crippen LogP contribution in [0.4, 0.5) is 5.69 Å². The SMILES string of the molecule is CCOC(=O)CCOc1cc(C=NNc2ccccc2)ccc1OC. The van der Waals surface area contributed by atoms with Crippen LogP contribution in [-0.4, -0.2) is 32.5 Å². The van der Waals surface area contributed by atoms with E-state index in [1.54, 1.807) is 32.4 Å². The lowest BCUT2D eigenvalue weighted by Gasteiger charge is -2.11. The van der Waals surface area contributed by atoms with Crippen molar-refractivity contribution in [1.29, 1.82) is 0 Å². The van der Waals surface area contributed by atoms with Crippen molar-refractivity contribution in [3.63, 3.8) is 0 Å². The van der Waals surface area contributed by atoms with Gasteiger partial charge in [-0.1, -0.05) is 18.2 Å². The van der Waals surface area contributed by atoms with E-state index in [0.717, 1.165) is 11.3 Å². The number of hydrogen-bond acceptors (Lipinski definition) is 6. The highest BCUT2D eigenvalue weighted by Crippen LogP contribution is 2.27. The minimum Gasteiger partial charge on any atom is -0.493 e. The lowest BCUT2D eigenvalue weighted by Crippen LogP contribution is -2.10. The zero-order valence-electron chi connectivity index (χ0n) is 14.4. The Balaban J connectivity index is 1.97. The third-order valence-electron chi connectivity index (χ3n) is 3.24. The summed E-state index contributed by atoms with van der Waals surface area (Å²) in [7, 11) is 1.57. The van der Waals surface area contributed by atoms with Crippen LogP contribution in [0.2, 0.25) is 0 Å². The van der Waals surface area contributed by atoms with Crippen LogP contribution >= 0.6 is 0 Å². The average molecular weight is 342 g/mol. The van der Waals surface area contributed by atoms with Crippen LogP contribution in [-0.2, 0) is 9.53 Å². The lowest BCUT2D eigenvalue weighted by atomic mass is 10.2. The molecule has 0 bridgehead atoms. The molecule has 0 atom stereocenters. The molecule has 2 aromatic carbocycles. The fourth-order valence-electron chi connectivity index (χ4n) is 2.06. The van der Waals surface area contributed by atoms with Gasteiger partial charge in [-0.15, -0.1) is 0 Å². The Hall–Kier alpha value is -3.02. The first kappa shape index (κ1) is 18.3. The first-order valence-corrected chi connectivity index (χ1v) is 8.03. The van der Waals surface area contributed by atoms with Crippen LogP contribution in [0, 0.1) is 0 Å². The van der Waals surface area contributed by atoms with Gasteiger partial charge < -0.3 is 14.2 Å². The van der Waals surface area contributed by atoms with Gasteiger partial charge in [-0.3, -0.25) is 10.2 Å². The maximum atomic E-state index is 11.4. The smallest absolute Gasteiger partial charge is 0.309 e.